The number of nitrogens with zero attached hydrogens (tertiary/aromatic N) is 2. The average Bonchev–Trinajstić information content (AvgIpc) is 3.13. The van der Waals surface area contributed by atoms with Crippen LogP contribution in [0, 0.1) is 6.92 Å². The number of para-hydroxylation sites is 1. The van der Waals surface area contributed by atoms with Gasteiger partial charge in [0.1, 0.15) is 11.5 Å². The SMILES string of the molecule is Cc1nc(-c2ccccc2NC(=O)/C=C/c2ccc(OC(F)F)cc2OC(F)F)no1. The normalized spacial score (nSPS) is 11.3. The van der Waals surface area contributed by atoms with Gasteiger partial charge in [-0.1, -0.05) is 17.3 Å². The van der Waals surface area contributed by atoms with E-state index in [1.54, 1.807) is 31.2 Å². The van der Waals surface area contributed by atoms with Gasteiger partial charge in [-0.15, -0.1) is 0 Å². The van der Waals surface area contributed by atoms with E-state index in [9.17, 15) is 22.4 Å². The molecule has 1 aromatic heterocycles. The summed E-state index contributed by atoms with van der Waals surface area (Å²) in [5.74, 6) is -0.763. The minimum atomic E-state index is -3.20. The lowest BCUT2D eigenvalue weighted by atomic mass is 10.1. The summed E-state index contributed by atoms with van der Waals surface area (Å²) in [6.45, 7) is -4.71. The summed E-state index contributed by atoms with van der Waals surface area (Å²) < 4.78 is 63.4. The molecular weight excluding hydrogens is 422 g/mol. The molecule has 0 aliphatic carbocycles. The molecule has 0 aliphatic heterocycles. The van der Waals surface area contributed by atoms with Crippen LogP contribution >= 0.6 is 0 Å². The highest BCUT2D eigenvalue weighted by atomic mass is 19.3. The molecule has 7 nitrogen and oxygen atoms in total. The number of anilines is 1. The van der Waals surface area contributed by atoms with Gasteiger partial charge < -0.3 is 19.3 Å². The van der Waals surface area contributed by atoms with Crippen molar-refractivity contribution in [3.8, 4) is 22.9 Å². The van der Waals surface area contributed by atoms with Crippen LogP contribution in [0.5, 0.6) is 11.5 Å². The highest BCUT2D eigenvalue weighted by Gasteiger charge is 2.14. The zero-order chi connectivity index (χ0) is 22.4. The topological polar surface area (TPSA) is 86.5 Å². The molecule has 2 aromatic carbocycles. The second kappa shape index (κ2) is 9.74. The van der Waals surface area contributed by atoms with E-state index in [0.717, 1.165) is 18.2 Å². The Kier molecular flexibility index (Phi) is 6.85. The fourth-order valence-corrected chi connectivity index (χ4v) is 2.56. The van der Waals surface area contributed by atoms with Crippen molar-refractivity contribution < 1.29 is 36.4 Å². The lowest BCUT2D eigenvalue weighted by Gasteiger charge is -2.11. The molecule has 3 rings (SSSR count). The first-order valence-electron chi connectivity index (χ1n) is 8.74. The van der Waals surface area contributed by atoms with E-state index in [0.29, 0.717) is 17.1 Å². The van der Waals surface area contributed by atoms with Crippen molar-refractivity contribution in [2.24, 2.45) is 0 Å². The molecule has 0 saturated carbocycles. The quantitative estimate of drug-likeness (QED) is 0.399. The van der Waals surface area contributed by atoms with E-state index >= 15 is 0 Å². The summed E-state index contributed by atoms with van der Waals surface area (Å²) in [7, 11) is 0. The van der Waals surface area contributed by atoms with Crippen molar-refractivity contribution in [1.29, 1.82) is 0 Å². The minimum Gasteiger partial charge on any atom is -0.435 e. The van der Waals surface area contributed by atoms with Gasteiger partial charge in [-0.3, -0.25) is 4.79 Å². The molecule has 31 heavy (non-hydrogen) atoms. The molecule has 0 saturated heterocycles. The molecule has 11 heteroatoms. The van der Waals surface area contributed by atoms with E-state index in [1.165, 1.54) is 12.1 Å². The van der Waals surface area contributed by atoms with Crippen LogP contribution in [0.25, 0.3) is 17.5 Å². The van der Waals surface area contributed by atoms with Gasteiger partial charge in [-0.25, -0.2) is 0 Å². The van der Waals surface area contributed by atoms with Gasteiger partial charge in [-0.2, -0.15) is 22.5 Å². The number of hydrogen-bond acceptors (Lipinski definition) is 6. The molecule has 0 radical (unpaired) electrons. The van der Waals surface area contributed by atoms with Crippen LogP contribution in [0.15, 0.2) is 53.1 Å². The Morgan fingerprint density at radius 2 is 1.84 bits per heavy atom. The Labute approximate surface area is 173 Å². The number of nitrogens with one attached hydrogen (secondary N) is 1. The van der Waals surface area contributed by atoms with Crippen LogP contribution in [0.2, 0.25) is 0 Å². The smallest absolute Gasteiger partial charge is 0.387 e. The Morgan fingerprint density at radius 1 is 1.10 bits per heavy atom. The van der Waals surface area contributed by atoms with Gasteiger partial charge >= 0.3 is 13.2 Å². The minimum absolute atomic E-state index is 0.0548. The molecule has 1 N–H and O–H groups in total. The molecule has 3 aromatic rings. The van der Waals surface area contributed by atoms with E-state index < -0.39 is 24.9 Å². The monoisotopic (exact) mass is 437 g/mol. The predicted octanol–water partition coefficient (Wildman–Crippen LogP) is 4.90. The van der Waals surface area contributed by atoms with Crippen molar-refractivity contribution in [3.63, 3.8) is 0 Å². The number of aryl methyl sites for hydroxylation is 1. The number of ether oxygens (including phenoxy) is 2. The lowest BCUT2D eigenvalue weighted by Crippen LogP contribution is -2.09. The maximum Gasteiger partial charge on any atom is 0.387 e. The maximum atomic E-state index is 12.7. The fraction of sp³-hybridized carbons (Fsp3) is 0.150. The van der Waals surface area contributed by atoms with Crippen LogP contribution in [0.1, 0.15) is 11.5 Å². The van der Waals surface area contributed by atoms with Gasteiger partial charge in [0.25, 0.3) is 0 Å². The molecule has 0 aliphatic rings. The number of benzene rings is 2. The highest BCUT2D eigenvalue weighted by Crippen LogP contribution is 2.29. The Bertz CT molecular complexity index is 1090. The standard InChI is InChI=1S/C20H15F4N3O4/c1-11-25-18(27-31-11)14-4-2-3-5-15(14)26-17(28)9-7-12-6-8-13(29-19(21)22)10-16(12)30-20(23)24/h2-10,19-20H,1H3,(H,26,28)/b9-7+. The molecule has 0 fully saturated rings. The van der Waals surface area contributed by atoms with Gasteiger partial charge in [0.2, 0.25) is 17.6 Å². The van der Waals surface area contributed by atoms with Gasteiger partial charge in [0.15, 0.2) is 0 Å². The van der Waals surface area contributed by atoms with E-state index in [1.807, 2.05) is 0 Å². The van der Waals surface area contributed by atoms with E-state index in [-0.39, 0.29) is 17.1 Å². The summed E-state index contributed by atoms with van der Waals surface area (Å²) in [5, 5.41) is 6.43. The summed E-state index contributed by atoms with van der Waals surface area (Å²) in [6.07, 6.45) is 2.26. The van der Waals surface area contributed by atoms with Crippen LogP contribution in [0.3, 0.4) is 0 Å². The maximum absolute atomic E-state index is 12.7. The number of hydrogen-bond donors (Lipinski definition) is 1. The van der Waals surface area contributed by atoms with Crippen molar-refractivity contribution in [1.82, 2.24) is 10.1 Å². The lowest BCUT2D eigenvalue weighted by molar-refractivity contribution is -0.111. The van der Waals surface area contributed by atoms with Crippen molar-refractivity contribution in [2.75, 3.05) is 5.32 Å². The van der Waals surface area contributed by atoms with Gasteiger partial charge in [0.05, 0.1) is 5.69 Å². The molecule has 0 bridgehead atoms. The van der Waals surface area contributed by atoms with Crippen LogP contribution in [-0.2, 0) is 4.79 Å². The van der Waals surface area contributed by atoms with Crippen molar-refractivity contribution in [3.05, 3.63) is 60.0 Å². The van der Waals surface area contributed by atoms with Crippen molar-refractivity contribution >= 4 is 17.7 Å². The third-order valence-corrected chi connectivity index (χ3v) is 3.79. The zero-order valence-electron chi connectivity index (χ0n) is 15.9. The molecule has 162 valence electrons. The molecule has 0 spiro atoms. The second-order valence-electron chi connectivity index (χ2n) is 5.96. The average molecular weight is 437 g/mol. The van der Waals surface area contributed by atoms with Crippen molar-refractivity contribution in [2.45, 2.75) is 20.1 Å². The number of halogens is 4. The molecular formula is C20H15F4N3O4. The number of rotatable bonds is 8. The largest absolute Gasteiger partial charge is 0.435 e. The number of carbonyl (C=O) groups excluding carboxylic acids is 1. The number of aromatic nitrogens is 2. The van der Waals surface area contributed by atoms with Crippen LogP contribution in [-0.4, -0.2) is 29.3 Å². The summed E-state index contributed by atoms with van der Waals surface area (Å²) in [5.41, 5.74) is 0.957. The Balaban J connectivity index is 1.79. The van der Waals surface area contributed by atoms with E-state index in [2.05, 4.69) is 24.9 Å². The second-order valence-corrected chi connectivity index (χ2v) is 5.96. The first kappa shape index (κ1) is 21.8. The first-order valence-corrected chi connectivity index (χ1v) is 8.74. The zero-order valence-corrected chi connectivity index (χ0v) is 15.9. The molecule has 1 heterocycles. The number of carbonyl (C=O) groups is 1. The predicted molar refractivity (Wildman–Crippen MR) is 102 cm³/mol. The molecule has 0 unspecified atom stereocenters. The molecule has 0 atom stereocenters. The first-order chi connectivity index (χ1) is 14.8. The number of alkyl halides is 4. The Hall–Kier alpha value is -3.89. The van der Waals surface area contributed by atoms with E-state index in [4.69, 9.17) is 4.52 Å². The summed E-state index contributed by atoms with van der Waals surface area (Å²) in [6, 6.07) is 9.93. The third kappa shape index (κ3) is 6.04. The number of amides is 1. The fourth-order valence-electron chi connectivity index (χ4n) is 2.56. The Morgan fingerprint density at radius 3 is 2.52 bits per heavy atom. The summed E-state index contributed by atoms with van der Waals surface area (Å²) in [4.78, 5) is 16.5. The van der Waals surface area contributed by atoms with Gasteiger partial charge in [0, 0.05) is 30.2 Å². The summed E-state index contributed by atoms with van der Waals surface area (Å²) >= 11 is 0. The highest BCUT2D eigenvalue weighted by molar-refractivity contribution is 6.04. The third-order valence-electron chi connectivity index (χ3n) is 3.79. The van der Waals surface area contributed by atoms with Crippen LogP contribution in [0.4, 0.5) is 23.2 Å². The molecule has 1 amide bonds. The van der Waals surface area contributed by atoms with Gasteiger partial charge in [-0.05, 0) is 30.3 Å². The van der Waals surface area contributed by atoms with Crippen LogP contribution < -0.4 is 14.8 Å².